The zero-order valence-corrected chi connectivity index (χ0v) is 13.3. The van der Waals surface area contributed by atoms with Gasteiger partial charge in [-0.25, -0.2) is 0 Å². The normalized spacial score (nSPS) is 14.1. The molecule has 0 spiro atoms. The smallest absolute Gasteiger partial charge is 0.0564 e. The quantitative estimate of drug-likeness (QED) is 0.567. The lowest BCUT2D eigenvalue weighted by molar-refractivity contribution is 0.758. The van der Waals surface area contributed by atoms with Crippen LogP contribution in [-0.4, -0.2) is 0 Å². The lowest BCUT2D eigenvalue weighted by Gasteiger charge is -2.37. The van der Waals surface area contributed by atoms with Crippen molar-refractivity contribution in [1.82, 2.24) is 0 Å². The molecule has 0 saturated carbocycles. The summed E-state index contributed by atoms with van der Waals surface area (Å²) in [5.41, 5.74) is 3.92. The Morgan fingerprint density at radius 2 is 1.18 bits per heavy atom. The highest BCUT2D eigenvalue weighted by Gasteiger charge is 2.27. The number of hydrogen-bond acceptors (Lipinski definition) is 2. The molecule has 1 aliphatic rings. The summed E-state index contributed by atoms with van der Waals surface area (Å²) in [6, 6.07) is 28.3. The van der Waals surface area contributed by atoms with Gasteiger partial charge in [0.1, 0.15) is 0 Å². The number of fused-ring (bicyclic) bond motifs is 2. The maximum Gasteiger partial charge on any atom is 0.0564 e. The van der Waals surface area contributed by atoms with E-state index in [9.17, 15) is 0 Å². The molecule has 1 aliphatic heterocycles. The molecule has 1 atom stereocenters. The van der Waals surface area contributed by atoms with Gasteiger partial charge in [-0.15, -0.1) is 0 Å². The Bertz CT molecular complexity index is 752. The molecule has 1 heterocycles. The average molecular weight is 303 g/mol. The average Bonchev–Trinajstić information content (AvgIpc) is 2.60. The molecular weight excluding hydrogens is 286 g/mol. The fourth-order valence-electron chi connectivity index (χ4n) is 3.03. The van der Waals surface area contributed by atoms with E-state index in [-0.39, 0.29) is 0 Å². The van der Waals surface area contributed by atoms with Crippen molar-refractivity contribution in [3.8, 4) is 0 Å². The Hall–Kier alpha value is -2.19. The number of nitrogens with zero attached hydrogens (tertiary/aromatic N) is 1. The van der Waals surface area contributed by atoms with E-state index in [1.54, 1.807) is 0 Å². The molecular formula is C20H17NS. The standard InChI is InChI=1S/C20H17NS/c1-15(16-9-3-2-4-10-16)21-17-11-5-7-13-19(17)22-20-14-8-6-12-18(20)21/h2-15H,1H3. The maximum absolute atomic E-state index is 2.45. The molecule has 1 nitrogen and oxygen atoms in total. The third kappa shape index (κ3) is 2.20. The van der Waals surface area contributed by atoms with Crippen molar-refractivity contribution in [1.29, 1.82) is 0 Å². The molecule has 0 aliphatic carbocycles. The molecule has 3 aromatic rings. The van der Waals surface area contributed by atoms with Gasteiger partial charge in [-0.05, 0) is 36.8 Å². The summed E-state index contributed by atoms with van der Waals surface area (Å²) in [5.74, 6) is 0. The molecule has 108 valence electrons. The van der Waals surface area contributed by atoms with Gasteiger partial charge in [-0.3, -0.25) is 0 Å². The van der Waals surface area contributed by atoms with Gasteiger partial charge in [0.25, 0.3) is 0 Å². The summed E-state index contributed by atoms with van der Waals surface area (Å²) in [4.78, 5) is 5.10. The van der Waals surface area contributed by atoms with Gasteiger partial charge in [0, 0.05) is 9.79 Å². The number of anilines is 2. The van der Waals surface area contributed by atoms with Crippen LogP contribution < -0.4 is 4.90 Å². The highest BCUT2D eigenvalue weighted by Crippen LogP contribution is 2.50. The first kappa shape index (κ1) is 13.5. The van der Waals surface area contributed by atoms with E-state index in [1.807, 2.05) is 11.8 Å². The van der Waals surface area contributed by atoms with Crippen LogP contribution in [0.4, 0.5) is 11.4 Å². The Morgan fingerprint density at radius 3 is 1.77 bits per heavy atom. The van der Waals surface area contributed by atoms with Gasteiger partial charge in [-0.1, -0.05) is 66.4 Å². The zero-order chi connectivity index (χ0) is 14.9. The molecule has 3 aromatic carbocycles. The first-order valence-electron chi connectivity index (χ1n) is 7.55. The Kier molecular flexibility index (Phi) is 3.39. The molecule has 1 unspecified atom stereocenters. The highest BCUT2D eigenvalue weighted by molar-refractivity contribution is 7.99. The summed E-state index contributed by atoms with van der Waals surface area (Å²) >= 11 is 1.86. The first-order valence-corrected chi connectivity index (χ1v) is 8.36. The highest BCUT2D eigenvalue weighted by atomic mass is 32.2. The fourth-order valence-corrected chi connectivity index (χ4v) is 4.10. The van der Waals surface area contributed by atoms with Crippen LogP contribution in [0.1, 0.15) is 18.5 Å². The predicted molar refractivity (Wildman–Crippen MR) is 94.0 cm³/mol. The summed E-state index contributed by atoms with van der Waals surface area (Å²) in [6.45, 7) is 2.28. The van der Waals surface area contributed by atoms with Crippen LogP contribution in [0.15, 0.2) is 88.7 Å². The lowest BCUT2D eigenvalue weighted by Crippen LogP contribution is -2.24. The Balaban J connectivity index is 1.88. The van der Waals surface area contributed by atoms with E-state index < -0.39 is 0 Å². The minimum atomic E-state index is 0.296. The second kappa shape index (κ2) is 5.54. The van der Waals surface area contributed by atoms with Crippen LogP contribution >= 0.6 is 11.8 Å². The number of benzene rings is 3. The fraction of sp³-hybridized carbons (Fsp3) is 0.100. The zero-order valence-electron chi connectivity index (χ0n) is 12.4. The molecule has 4 rings (SSSR count). The molecule has 22 heavy (non-hydrogen) atoms. The van der Waals surface area contributed by atoms with Crippen molar-refractivity contribution in [2.24, 2.45) is 0 Å². The molecule has 0 bridgehead atoms. The van der Waals surface area contributed by atoms with Crippen molar-refractivity contribution < 1.29 is 0 Å². The summed E-state index contributed by atoms with van der Waals surface area (Å²) in [7, 11) is 0. The van der Waals surface area contributed by atoms with Crippen molar-refractivity contribution in [2.45, 2.75) is 22.8 Å². The molecule has 0 fully saturated rings. The van der Waals surface area contributed by atoms with Gasteiger partial charge < -0.3 is 4.90 Å². The van der Waals surface area contributed by atoms with Gasteiger partial charge in [-0.2, -0.15) is 0 Å². The second-order valence-electron chi connectivity index (χ2n) is 5.49. The molecule has 0 N–H and O–H groups in total. The molecule has 0 aromatic heterocycles. The van der Waals surface area contributed by atoms with E-state index in [1.165, 1.54) is 26.7 Å². The van der Waals surface area contributed by atoms with Gasteiger partial charge >= 0.3 is 0 Å². The Morgan fingerprint density at radius 1 is 0.682 bits per heavy atom. The number of rotatable bonds is 2. The number of hydrogen-bond donors (Lipinski definition) is 0. The number of para-hydroxylation sites is 2. The van der Waals surface area contributed by atoms with Crippen molar-refractivity contribution >= 4 is 23.1 Å². The first-order chi connectivity index (χ1) is 10.8. The van der Waals surface area contributed by atoms with Crippen molar-refractivity contribution in [3.05, 3.63) is 84.4 Å². The predicted octanol–water partition coefficient (Wildman–Crippen LogP) is 6.05. The van der Waals surface area contributed by atoms with Gasteiger partial charge in [0.2, 0.25) is 0 Å². The minimum absolute atomic E-state index is 0.296. The largest absolute Gasteiger partial charge is 0.332 e. The monoisotopic (exact) mass is 303 g/mol. The van der Waals surface area contributed by atoms with Crippen LogP contribution in [0, 0.1) is 0 Å². The van der Waals surface area contributed by atoms with Gasteiger partial charge in [0.05, 0.1) is 17.4 Å². The third-order valence-corrected chi connectivity index (χ3v) is 5.27. The maximum atomic E-state index is 2.45. The molecule has 0 saturated heterocycles. The van der Waals surface area contributed by atoms with Crippen LogP contribution in [0.5, 0.6) is 0 Å². The van der Waals surface area contributed by atoms with E-state index >= 15 is 0 Å². The van der Waals surface area contributed by atoms with E-state index in [2.05, 4.69) is 90.7 Å². The van der Waals surface area contributed by atoms with Crippen LogP contribution in [-0.2, 0) is 0 Å². The van der Waals surface area contributed by atoms with Gasteiger partial charge in [0.15, 0.2) is 0 Å². The molecule has 2 heteroatoms. The topological polar surface area (TPSA) is 3.24 Å². The minimum Gasteiger partial charge on any atom is -0.332 e. The lowest BCUT2D eigenvalue weighted by atomic mass is 10.0. The van der Waals surface area contributed by atoms with Crippen LogP contribution in [0.25, 0.3) is 0 Å². The van der Waals surface area contributed by atoms with Crippen LogP contribution in [0.3, 0.4) is 0 Å². The Labute approximate surface area is 135 Å². The van der Waals surface area contributed by atoms with E-state index in [0.717, 1.165) is 0 Å². The molecule has 0 amide bonds. The van der Waals surface area contributed by atoms with E-state index in [0.29, 0.717) is 6.04 Å². The van der Waals surface area contributed by atoms with Crippen molar-refractivity contribution in [3.63, 3.8) is 0 Å². The molecule has 0 radical (unpaired) electrons. The van der Waals surface area contributed by atoms with E-state index in [4.69, 9.17) is 0 Å². The summed E-state index contributed by atoms with van der Waals surface area (Å²) in [6.07, 6.45) is 0. The van der Waals surface area contributed by atoms with Crippen LogP contribution in [0.2, 0.25) is 0 Å². The summed E-state index contributed by atoms with van der Waals surface area (Å²) < 4.78 is 0. The SMILES string of the molecule is CC(c1ccccc1)N1c2ccccc2Sc2ccccc21. The van der Waals surface area contributed by atoms with Crippen molar-refractivity contribution in [2.75, 3.05) is 4.90 Å². The third-order valence-electron chi connectivity index (χ3n) is 4.14. The summed E-state index contributed by atoms with van der Waals surface area (Å²) in [5, 5.41) is 0. The second-order valence-corrected chi connectivity index (χ2v) is 6.58.